The molecular weight excluding hydrogens is 490 g/mol. The summed E-state index contributed by atoms with van der Waals surface area (Å²) in [7, 11) is 0. The highest BCUT2D eigenvalue weighted by atomic mass is 15.2. The minimum atomic E-state index is 0.172. The molecule has 0 bridgehead atoms. The molecule has 2 aromatic heterocycles. The monoisotopic (exact) mass is 533 g/mol. The summed E-state index contributed by atoms with van der Waals surface area (Å²) in [4.78, 5) is 5.20. The van der Waals surface area contributed by atoms with Gasteiger partial charge in [0.15, 0.2) is 5.96 Å². The van der Waals surface area contributed by atoms with E-state index in [1.807, 2.05) is 0 Å². The second kappa shape index (κ2) is 11.8. The van der Waals surface area contributed by atoms with Gasteiger partial charge in [-0.3, -0.25) is 0 Å². The van der Waals surface area contributed by atoms with Crippen molar-refractivity contribution in [3.8, 4) is 22.5 Å². The van der Waals surface area contributed by atoms with Crippen LogP contribution in [0.25, 0.3) is 22.5 Å². The van der Waals surface area contributed by atoms with E-state index in [1.165, 1.54) is 59.3 Å². The molecule has 0 aliphatic heterocycles. The maximum atomic E-state index is 6.75. The van der Waals surface area contributed by atoms with Crippen LogP contribution in [0.3, 0.4) is 0 Å². The first-order valence-corrected chi connectivity index (χ1v) is 15.2. The molecule has 0 saturated heterocycles. The Morgan fingerprint density at radius 3 is 1.77 bits per heavy atom. The predicted molar refractivity (Wildman–Crippen MR) is 167 cm³/mol. The van der Waals surface area contributed by atoms with Crippen molar-refractivity contribution in [2.45, 2.75) is 89.4 Å². The second-order valence-electron chi connectivity index (χ2n) is 11.8. The number of aryl methyl sites for hydroxylation is 2. The van der Waals surface area contributed by atoms with Crippen LogP contribution >= 0.6 is 0 Å². The van der Waals surface area contributed by atoms with Gasteiger partial charge < -0.3 is 20.2 Å². The van der Waals surface area contributed by atoms with Gasteiger partial charge in [-0.15, -0.1) is 0 Å². The molecule has 2 fully saturated rings. The Morgan fingerprint density at radius 1 is 0.675 bits per heavy atom. The van der Waals surface area contributed by atoms with Crippen molar-refractivity contribution in [3.63, 3.8) is 0 Å². The third-order valence-electron chi connectivity index (χ3n) is 9.10. The van der Waals surface area contributed by atoms with Gasteiger partial charge in [0.1, 0.15) is 0 Å². The first-order chi connectivity index (χ1) is 19.6. The van der Waals surface area contributed by atoms with Crippen LogP contribution in [0.1, 0.15) is 74.6 Å². The molecule has 2 heterocycles. The molecule has 2 saturated carbocycles. The minimum Gasteiger partial charge on any atom is -0.370 e. The molecule has 2 aliphatic rings. The Balaban J connectivity index is 1.25. The van der Waals surface area contributed by atoms with Gasteiger partial charge in [-0.2, -0.15) is 0 Å². The second-order valence-corrected chi connectivity index (χ2v) is 11.8. The van der Waals surface area contributed by atoms with Crippen LogP contribution in [0.4, 0.5) is 0 Å². The zero-order valence-corrected chi connectivity index (χ0v) is 24.0. The molecule has 3 N–H and O–H groups in total. The lowest BCUT2D eigenvalue weighted by molar-refractivity contribution is 0.285. The van der Waals surface area contributed by atoms with Gasteiger partial charge >= 0.3 is 0 Å². The van der Waals surface area contributed by atoms with Crippen LogP contribution < -0.4 is 11.1 Å². The fourth-order valence-corrected chi connectivity index (χ4v) is 7.18. The van der Waals surface area contributed by atoms with Crippen LogP contribution in [0.5, 0.6) is 0 Å². The van der Waals surface area contributed by atoms with E-state index >= 15 is 0 Å². The van der Waals surface area contributed by atoms with Crippen molar-refractivity contribution in [1.29, 1.82) is 0 Å². The lowest BCUT2D eigenvalue weighted by Gasteiger charge is -2.36. The molecule has 208 valence electrons. The van der Waals surface area contributed by atoms with Gasteiger partial charge in [-0.05, 0) is 73.9 Å². The van der Waals surface area contributed by atoms with Crippen LogP contribution in [0.15, 0.2) is 90.2 Å². The summed E-state index contributed by atoms with van der Waals surface area (Å²) in [5.41, 5.74) is 14.5. The number of hydrogen-bond acceptors (Lipinski definition) is 1. The van der Waals surface area contributed by atoms with E-state index in [0.717, 1.165) is 25.7 Å². The van der Waals surface area contributed by atoms with Crippen molar-refractivity contribution in [3.05, 3.63) is 96.3 Å². The van der Waals surface area contributed by atoms with Crippen molar-refractivity contribution < 1.29 is 0 Å². The maximum absolute atomic E-state index is 6.75. The summed E-state index contributed by atoms with van der Waals surface area (Å²) < 4.78 is 4.97. The highest BCUT2D eigenvalue weighted by Gasteiger charge is 2.31. The summed E-state index contributed by atoms with van der Waals surface area (Å²) in [6.45, 7) is 4.43. The SMILES string of the molecule is Cc1ccn([C@@H]2CCCC[C@H]2N=C(N)N[C@@H]2CCCC[C@H]2n2ccc(C)c2-c2ccccc2)c1-c1ccccc1. The van der Waals surface area contributed by atoms with Crippen LogP contribution in [0, 0.1) is 13.8 Å². The molecule has 0 spiro atoms. The molecule has 0 amide bonds. The Kier molecular flexibility index (Phi) is 7.81. The average Bonchev–Trinajstić information content (AvgIpc) is 3.56. The molecule has 2 aliphatic carbocycles. The molecule has 2 aromatic carbocycles. The topological polar surface area (TPSA) is 60.3 Å². The molecule has 5 heteroatoms. The highest BCUT2D eigenvalue weighted by Crippen LogP contribution is 2.38. The fourth-order valence-electron chi connectivity index (χ4n) is 7.18. The van der Waals surface area contributed by atoms with Gasteiger partial charge in [0, 0.05) is 18.4 Å². The Hall–Kier alpha value is -3.73. The van der Waals surface area contributed by atoms with E-state index in [-0.39, 0.29) is 12.1 Å². The van der Waals surface area contributed by atoms with Crippen LogP contribution in [0.2, 0.25) is 0 Å². The number of hydrogen-bond donors (Lipinski definition) is 2. The van der Waals surface area contributed by atoms with Gasteiger partial charge in [-0.25, -0.2) is 4.99 Å². The first kappa shape index (κ1) is 26.5. The van der Waals surface area contributed by atoms with Crippen molar-refractivity contribution >= 4 is 5.96 Å². The van der Waals surface area contributed by atoms with E-state index in [2.05, 4.69) is 113 Å². The smallest absolute Gasteiger partial charge is 0.189 e. The number of nitrogens with zero attached hydrogens (tertiary/aromatic N) is 3. The molecule has 0 radical (unpaired) electrons. The summed E-state index contributed by atoms with van der Waals surface area (Å²) >= 11 is 0. The number of aliphatic imine (C=N–C) groups is 1. The predicted octanol–water partition coefficient (Wildman–Crippen LogP) is 7.81. The lowest BCUT2D eigenvalue weighted by atomic mass is 9.89. The Bertz CT molecular complexity index is 1430. The summed E-state index contributed by atoms with van der Waals surface area (Å²) in [5, 5.41) is 3.72. The number of benzene rings is 2. The van der Waals surface area contributed by atoms with Crippen LogP contribution in [-0.2, 0) is 0 Å². The van der Waals surface area contributed by atoms with E-state index in [0.29, 0.717) is 18.0 Å². The minimum absolute atomic E-state index is 0.172. The fraction of sp³-hybridized carbons (Fsp3) is 0.400. The number of rotatable bonds is 6. The zero-order chi connectivity index (χ0) is 27.5. The third-order valence-corrected chi connectivity index (χ3v) is 9.10. The van der Waals surface area contributed by atoms with E-state index in [9.17, 15) is 0 Å². The highest BCUT2D eigenvalue weighted by molar-refractivity contribution is 5.78. The third kappa shape index (κ3) is 5.34. The molecule has 5 nitrogen and oxygen atoms in total. The average molecular weight is 534 g/mol. The molecular formula is C35H43N5. The van der Waals surface area contributed by atoms with Crippen LogP contribution in [-0.4, -0.2) is 27.2 Å². The summed E-state index contributed by atoms with van der Waals surface area (Å²) in [6, 6.07) is 27.2. The quantitative estimate of drug-likeness (QED) is 0.196. The zero-order valence-electron chi connectivity index (χ0n) is 24.0. The van der Waals surface area contributed by atoms with E-state index < -0.39 is 0 Å². The normalized spacial score (nSPS) is 23.7. The summed E-state index contributed by atoms with van der Waals surface area (Å²) in [6.07, 6.45) is 13.9. The van der Waals surface area contributed by atoms with E-state index in [4.69, 9.17) is 10.7 Å². The largest absolute Gasteiger partial charge is 0.370 e. The molecule has 40 heavy (non-hydrogen) atoms. The van der Waals surface area contributed by atoms with Gasteiger partial charge in [0.25, 0.3) is 0 Å². The number of nitrogens with one attached hydrogen (secondary N) is 1. The molecule has 4 atom stereocenters. The molecule has 4 aromatic rings. The molecule has 0 unspecified atom stereocenters. The molecule has 6 rings (SSSR count). The van der Waals surface area contributed by atoms with Gasteiger partial charge in [0.2, 0.25) is 0 Å². The van der Waals surface area contributed by atoms with Crippen molar-refractivity contribution in [1.82, 2.24) is 14.5 Å². The number of guanidine groups is 1. The van der Waals surface area contributed by atoms with Gasteiger partial charge in [-0.1, -0.05) is 86.3 Å². The standard InChI is InChI=1S/C35H43N5/c1-25-21-23-39(33(25)27-13-5-3-6-14-27)31-19-11-9-17-29(31)37-35(36)38-30-18-10-12-20-32(30)40-24-22-26(2)34(40)28-15-7-4-8-16-28/h3-8,13-16,21-24,29-32H,9-12,17-20H2,1-2H3,(H3,36,37,38)/t29-,30-,31-,32-/m1/s1. The van der Waals surface area contributed by atoms with Crippen molar-refractivity contribution in [2.24, 2.45) is 10.7 Å². The maximum Gasteiger partial charge on any atom is 0.189 e. The van der Waals surface area contributed by atoms with E-state index in [1.54, 1.807) is 0 Å². The first-order valence-electron chi connectivity index (χ1n) is 15.2. The summed E-state index contributed by atoms with van der Waals surface area (Å²) in [5.74, 6) is 0.601. The van der Waals surface area contributed by atoms with Crippen molar-refractivity contribution in [2.75, 3.05) is 0 Å². The Morgan fingerprint density at radius 2 is 1.18 bits per heavy atom. The number of aromatic nitrogens is 2. The van der Waals surface area contributed by atoms with Gasteiger partial charge in [0.05, 0.1) is 29.5 Å². The lowest BCUT2D eigenvalue weighted by Crippen LogP contribution is -2.47. The number of nitrogens with two attached hydrogens (primary N) is 1. The Labute approximate surface area is 239 Å².